The highest BCUT2D eigenvalue weighted by molar-refractivity contribution is 6.05. The first-order chi connectivity index (χ1) is 16.6. The first-order valence-electron chi connectivity index (χ1n) is 10.9. The quantitative estimate of drug-likeness (QED) is 0.272. The predicted octanol–water partition coefficient (Wildman–Crippen LogP) is 6.68. The second-order valence-electron chi connectivity index (χ2n) is 7.98. The Hall–Kier alpha value is -4.71. The third-order valence-electron chi connectivity index (χ3n) is 5.39. The fourth-order valence-corrected chi connectivity index (χ4v) is 3.74. The molecule has 0 bridgehead atoms. The Balaban J connectivity index is 1.33. The van der Waals surface area contributed by atoms with Gasteiger partial charge in [0, 0.05) is 58.0 Å². The van der Waals surface area contributed by atoms with Crippen molar-refractivity contribution in [2.75, 3.05) is 16.0 Å². The zero-order valence-electron chi connectivity index (χ0n) is 18.6. The molecule has 34 heavy (non-hydrogen) atoms. The first-order valence-corrected chi connectivity index (χ1v) is 10.9. The van der Waals surface area contributed by atoms with Crippen molar-refractivity contribution in [2.45, 2.75) is 6.92 Å². The van der Waals surface area contributed by atoms with E-state index in [9.17, 15) is 4.79 Å². The third-order valence-corrected chi connectivity index (χ3v) is 5.39. The number of nitrogens with one attached hydrogen (secondary N) is 3. The van der Waals surface area contributed by atoms with Crippen LogP contribution in [0.3, 0.4) is 0 Å². The molecular weight excluding hydrogens is 422 g/mol. The lowest BCUT2D eigenvalue weighted by Gasteiger charge is -2.12. The molecule has 0 aliphatic rings. The highest BCUT2D eigenvalue weighted by Crippen LogP contribution is 2.27. The van der Waals surface area contributed by atoms with Crippen LogP contribution in [0.25, 0.3) is 10.9 Å². The van der Waals surface area contributed by atoms with Gasteiger partial charge in [-0.15, -0.1) is 0 Å². The lowest BCUT2D eigenvalue weighted by Crippen LogP contribution is -2.12. The number of hydrogen-bond acceptors (Lipinski definition) is 5. The van der Waals surface area contributed by atoms with E-state index in [0.717, 1.165) is 39.2 Å². The van der Waals surface area contributed by atoms with Gasteiger partial charge in [0.05, 0.1) is 5.52 Å². The molecule has 3 aromatic carbocycles. The Bertz CT molecular complexity index is 1470. The molecule has 0 radical (unpaired) electrons. The molecule has 0 spiro atoms. The summed E-state index contributed by atoms with van der Waals surface area (Å²) < 4.78 is 0. The van der Waals surface area contributed by atoms with E-state index in [1.807, 2.05) is 72.8 Å². The number of benzene rings is 3. The summed E-state index contributed by atoms with van der Waals surface area (Å²) in [5, 5.41) is 10.8. The summed E-state index contributed by atoms with van der Waals surface area (Å²) in [4.78, 5) is 21.4. The molecule has 5 rings (SSSR count). The van der Waals surface area contributed by atoms with E-state index >= 15 is 0 Å². The maximum absolute atomic E-state index is 13.0. The molecule has 0 saturated carbocycles. The van der Waals surface area contributed by atoms with Crippen LogP contribution in [0.15, 0.2) is 104 Å². The Morgan fingerprint density at radius 3 is 2.32 bits per heavy atom. The number of carbonyl (C=O) groups excluding carboxylic acids is 1. The van der Waals surface area contributed by atoms with Gasteiger partial charge in [-0.2, -0.15) is 0 Å². The SMILES string of the molecule is Cc1ccc2nccc(Nc3cccc(C(=O)Nc4cccc(Nc5ccncc5)c4)c3)c2c1. The van der Waals surface area contributed by atoms with Gasteiger partial charge in [0.15, 0.2) is 0 Å². The fraction of sp³-hybridized carbons (Fsp3) is 0.0357. The van der Waals surface area contributed by atoms with Gasteiger partial charge in [-0.25, -0.2) is 0 Å². The second-order valence-corrected chi connectivity index (χ2v) is 7.98. The monoisotopic (exact) mass is 445 g/mol. The molecule has 0 fully saturated rings. The van der Waals surface area contributed by atoms with Gasteiger partial charge in [-0.3, -0.25) is 14.8 Å². The summed E-state index contributed by atoms with van der Waals surface area (Å²) >= 11 is 0. The average molecular weight is 446 g/mol. The number of hydrogen-bond donors (Lipinski definition) is 3. The van der Waals surface area contributed by atoms with Crippen LogP contribution >= 0.6 is 0 Å². The topological polar surface area (TPSA) is 78.9 Å². The van der Waals surface area contributed by atoms with E-state index < -0.39 is 0 Å². The van der Waals surface area contributed by atoms with Crippen molar-refractivity contribution >= 4 is 45.2 Å². The summed E-state index contributed by atoms with van der Waals surface area (Å²) in [5.74, 6) is -0.180. The molecular formula is C28H23N5O. The Morgan fingerprint density at radius 1 is 0.706 bits per heavy atom. The van der Waals surface area contributed by atoms with Crippen molar-refractivity contribution in [1.82, 2.24) is 9.97 Å². The number of amides is 1. The number of pyridine rings is 2. The third kappa shape index (κ3) is 4.86. The molecule has 0 unspecified atom stereocenters. The summed E-state index contributed by atoms with van der Waals surface area (Å²) in [5.41, 5.74) is 6.93. The van der Waals surface area contributed by atoms with Gasteiger partial charge >= 0.3 is 0 Å². The van der Waals surface area contributed by atoms with Crippen molar-refractivity contribution in [1.29, 1.82) is 0 Å². The standard InChI is InChI=1S/C28H23N5O/c1-19-8-9-26-25(16-19)27(12-15-30-26)32-22-5-2-4-20(17-22)28(34)33-24-7-3-6-23(18-24)31-21-10-13-29-14-11-21/h2-18H,1H3,(H,29,31)(H,30,32)(H,33,34). The number of anilines is 5. The van der Waals surface area contributed by atoms with E-state index in [2.05, 4.69) is 38.9 Å². The van der Waals surface area contributed by atoms with Crippen molar-refractivity contribution in [3.8, 4) is 0 Å². The van der Waals surface area contributed by atoms with E-state index in [1.54, 1.807) is 24.7 Å². The van der Waals surface area contributed by atoms with Gasteiger partial charge in [-0.05, 0) is 73.7 Å². The highest BCUT2D eigenvalue weighted by atomic mass is 16.1. The molecule has 1 amide bonds. The van der Waals surface area contributed by atoms with Gasteiger partial charge in [0.25, 0.3) is 5.91 Å². The minimum atomic E-state index is -0.180. The Morgan fingerprint density at radius 2 is 1.47 bits per heavy atom. The molecule has 0 aliphatic carbocycles. The van der Waals surface area contributed by atoms with Crippen molar-refractivity contribution in [3.63, 3.8) is 0 Å². The van der Waals surface area contributed by atoms with E-state index in [-0.39, 0.29) is 5.91 Å². The molecule has 2 heterocycles. The molecule has 6 nitrogen and oxygen atoms in total. The summed E-state index contributed by atoms with van der Waals surface area (Å²) in [7, 11) is 0. The summed E-state index contributed by atoms with van der Waals surface area (Å²) in [6.07, 6.45) is 5.24. The average Bonchev–Trinajstić information content (AvgIpc) is 2.85. The molecule has 0 atom stereocenters. The zero-order valence-corrected chi connectivity index (χ0v) is 18.6. The molecule has 0 aliphatic heterocycles. The largest absolute Gasteiger partial charge is 0.355 e. The number of aryl methyl sites for hydroxylation is 1. The highest BCUT2D eigenvalue weighted by Gasteiger charge is 2.09. The van der Waals surface area contributed by atoms with Crippen LogP contribution < -0.4 is 16.0 Å². The number of carbonyl (C=O) groups is 1. The van der Waals surface area contributed by atoms with Crippen LogP contribution in [-0.4, -0.2) is 15.9 Å². The number of rotatable bonds is 6. The van der Waals surface area contributed by atoms with Crippen molar-refractivity contribution < 1.29 is 4.79 Å². The fourth-order valence-electron chi connectivity index (χ4n) is 3.74. The van der Waals surface area contributed by atoms with Crippen LogP contribution in [0.2, 0.25) is 0 Å². The van der Waals surface area contributed by atoms with Crippen LogP contribution in [-0.2, 0) is 0 Å². The lowest BCUT2D eigenvalue weighted by atomic mass is 10.1. The van der Waals surface area contributed by atoms with Crippen LogP contribution in [0.1, 0.15) is 15.9 Å². The van der Waals surface area contributed by atoms with Crippen LogP contribution in [0, 0.1) is 6.92 Å². The van der Waals surface area contributed by atoms with Crippen LogP contribution in [0.4, 0.5) is 28.4 Å². The van der Waals surface area contributed by atoms with Gasteiger partial charge < -0.3 is 16.0 Å². The lowest BCUT2D eigenvalue weighted by molar-refractivity contribution is 0.102. The summed E-state index contributed by atoms with van der Waals surface area (Å²) in [6, 6.07) is 26.9. The molecule has 3 N–H and O–H groups in total. The number of aromatic nitrogens is 2. The van der Waals surface area contributed by atoms with E-state index in [4.69, 9.17) is 0 Å². The Labute approximate surface area is 197 Å². The molecule has 166 valence electrons. The molecule has 5 aromatic rings. The minimum Gasteiger partial charge on any atom is -0.355 e. The van der Waals surface area contributed by atoms with Crippen LogP contribution in [0.5, 0.6) is 0 Å². The maximum atomic E-state index is 13.0. The Kier molecular flexibility index (Phi) is 5.86. The van der Waals surface area contributed by atoms with Gasteiger partial charge in [-0.1, -0.05) is 23.8 Å². The van der Waals surface area contributed by atoms with Gasteiger partial charge in [0.1, 0.15) is 0 Å². The maximum Gasteiger partial charge on any atom is 0.255 e. The van der Waals surface area contributed by atoms with Crippen molar-refractivity contribution in [2.24, 2.45) is 0 Å². The summed E-state index contributed by atoms with van der Waals surface area (Å²) in [6.45, 7) is 2.06. The zero-order chi connectivity index (χ0) is 23.3. The molecule has 6 heteroatoms. The normalized spacial score (nSPS) is 10.6. The van der Waals surface area contributed by atoms with Gasteiger partial charge in [0.2, 0.25) is 0 Å². The predicted molar refractivity (Wildman–Crippen MR) is 138 cm³/mol. The smallest absolute Gasteiger partial charge is 0.255 e. The van der Waals surface area contributed by atoms with E-state index in [1.165, 1.54) is 0 Å². The number of nitrogens with zero attached hydrogens (tertiary/aromatic N) is 2. The van der Waals surface area contributed by atoms with Crippen molar-refractivity contribution in [3.05, 3.63) is 115 Å². The number of fused-ring (bicyclic) bond motifs is 1. The first kappa shape index (κ1) is 21.2. The second kappa shape index (κ2) is 9.42. The molecule has 0 saturated heterocycles. The molecule has 2 aromatic heterocycles. The van der Waals surface area contributed by atoms with E-state index in [0.29, 0.717) is 11.3 Å². The minimum absolute atomic E-state index is 0.180.